The Morgan fingerprint density at radius 3 is 1.58 bits per heavy atom. The Labute approximate surface area is 300 Å². The molecule has 0 radical (unpaired) electrons. The Hall–Kier alpha value is -6.84. The van der Waals surface area contributed by atoms with Crippen LogP contribution in [0.5, 0.6) is 0 Å². The van der Waals surface area contributed by atoms with Gasteiger partial charge in [0.25, 0.3) is 0 Å². The molecule has 0 amide bonds. The van der Waals surface area contributed by atoms with Crippen molar-refractivity contribution in [3.8, 4) is 44.5 Å². The topological polar surface area (TPSA) is 29.5 Å². The summed E-state index contributed by atoms with van der Waals surface area (Å²) in [5.74, 6) is 0. The predicted octanol–water partition coefficient (Wildman–Crippen LogP) is 14.2. The van der Waals surface area contributed by atoms with Crippen molar-refractivity contribution in [1.82, 2.24) is 0 Å². The van der Waals surface area contributed by atoms with Gasteiger partial charge in [-0.25, -0.2) is 0 Å². The minimum atomic E-state index is 0.888. The van der Waals surface area contributed by atoms with Crippen LogP contribution in [-0.2, 0) is 0 Å². The van der Waals surface area contributed by atoms with Crippen molar-refractivity contribution in [2.24, 2.45) is 0 Å². The van der Waals surface area contributed by atoms with Crippen LogP contribution < -0.4 is 4.90 Å². The molecule has 0 fully saturated rings. The van der Waals surface area contributed by atoms with Crippen molar-refractivity contribution in [1.29, 1.82) is 0 Å². The Bertz CT molecular complexity index is 3040. The summed E-state index contributed by atoms with van der Waals surface area (Å²) in [7, 11) is 0. The highest BCUT2D eigenvalue weighted by atomic mass is 16.3. The van der Waals surface area contributed by atoms with Crippen LogP contribution in [0.4, 0.5) is 17.1 Å². The van der Waals surface area contributed by atoms with Gasteiger partial charge in [0.1, 0.15) is 22.3 Å². The number of fused-ring (bicyclic) bond motifs is 11. The zero-order valence-corrected chi connectivity index (χ0v) is 28.4. The van der Waals surface area contributed by atoms with Crippen LogP contribution in [0.25, 0.3) is 88.4 Å². The van der Waals surface area contributed by atoms with Gasteiger partial charge in [0.2, 0.25) is 0 Å². The molecule has 0 atom stereocenters. The van der Waals surface area contributed by atoms with E-state index < -0.39 is 0 Å². The van der Waals surface area contributed by atoms with E-state index in [2.05, 4.69) is 163 Å². The third-order valence-corrected chi connectivity index (χ3v) is 10.8. The van der Waals surface area contributed by atoms with Crippen molar-refractivity contribution < 1.29 is 8.83 Å². The number of rotatable bonds is 3. The van der Waals surface area contributed by atoms with E-state index in [-0.39, 0.29) is 0 Å². The first kappa shape index (κ1) is 28.9. The van der Waals surface area contributed by atoms with Crippen molar-refractivity contribution in [2.75, 3.05) is 4.90 Å². The summed E-state index contributed by atoms with van der Waals surface area (Å²) in [6, 6.07) is 60.8. The Morgan fingerprint density at radius 2 is 0.865 bits per heavy atom. The summed E-state index contributed by atoms with van der Waals surface area (Å²) in [5.41, 5.74) is 17.6. The zero-order valence-electron chi connectivity index (χ0n) is 28.4. The van der Waals surface area contributed by atoms with Crippen molar-refractivity contribution in [3.05, 3.63) is 175 Å². The minimum absolute atomic E-state index is 0.888. The van der Waals surface area contributed by atoms with Gasteiger partial charge < -0.3 is 13.7 Å². The highest BCUT2D eigenvalue weighted by Crippen LogP contribution is 2.56. The second-order valence-corrected chi connectivity index (χ2v) is 13.7. The molecule has 244 valence electrons. The quantitative estimate of drug-likeness (QED) is 0.188. The van der Waals surface area contributed by atoms with Crippen molar-refractivity contribution in [2.45, 2.75) is 6.92 Å². The molecule has 8 aromatic carbocycles. The average Bonchev–Trinajstić information content (AvgIpc) is 3.74. The molecule has 3 heterocycles. The molecular formula is C49H31NO2. The van der Waals surface area contributed by atoms with E-state index in [1.807, 2.05) is 18.2 Å². The monoisotopic (exact) mass is 665 g/mol. The molecule has 0 saturated heterocycles. The lowest BCUT2D eigenvalue weighted by molar-refractivity contribution is 0.668. The number of anilines is 3. The molecule has 11 rings (SSSR count). The van der Waals surface area contributed by atoms with Gasteiger partial charge in [-0.3, -0.25) is 0 Å². The van der Waals surface area contributed by atoms with Gasteiger partial charge in [-0.2, -0.15) is 0 Å². The lowest BCUT2D eigenvalue weighted by Crippen LogP contribution is -2.13. The minimum Gasteiger partial charge on any atom is -0.456 e. The summed E-state index contributed by atoms with van der Waals surface area (Å²) in [6.07, 6.45) is 0. The van der Waals surface area contributed by atoms with Crippen LogP contribution in [0, 0.1) is 6.92 Å². The number of nitrogens with zero attached hydrogens (tertiary/aromatic N) is 1. The van der Waals surface area contributed by atoms with Crippen LogP contribution in [0.3, 0.4) is 0 Å². The Kier molecular flexibility index (Phi) is 6.17. The van der Waals surface area contributed by atoms with E-state index in [1.165, 1.54) is 27.8 Å². The number of hydrogen-bond donors (Lipinski definition) is 0. The first-order chi connectivity index (χ1) is 25.7. The van der Waals surface area contributed by atoms with Crippen LogP contribution in [-0.4, -0.2) is 0 Å². The van der Waals surface area contributed by atoms with E-state index in [4.69, 9.17) is 8.83 Å². The lowest BCUT2D eigenvalue weighted by atomic mass is 9.90. The predicted molar refractivity (Wildman–Crippen MR) is 216 cm³/mol. The van der Waals surface area contributed by atoms with Gasteiger partial charge in [-0.05, 0) is 82.8 Å². The first-order valence-corrected chi connectivity index (χ1v) is 17.8. The van der Waals surface area contributed by atoms with Crippen molar-refractivity contribution >= 4 is 60.9 Å². The number of hydrogen-bond acceptors (Lipinski definition) is 3. The summed E-state index contributed by atoms with van der Waals surface area (Å²) in [6.45, 7) is 2.21. The fourth-order valence-electron chi connectivity index (χ4n) is 8.49. The molecule has 0 saturated carbocycles. The Balaban J connectivity index is 1.24. The summed E-state index contributed by atoms with van der Waals surface area (Å²) >= 11 is 0. The molecule has 52 heavy (non-hydrogen) atoms. The molecule has 0 N–H and O–H groups in total. The normalized spacial score (nSPS) is 12.3. The number of aryl methyl sites for hydroxylation is 1. The van der Waals surface area contributed by atoms with E-state index in [1.54, 1.807) is 0 Å². The zero-order chi connectivity index (χ0) is 34.3. The molecule has 10 aromatic rings. The maximum Gasteiger partial charge on any atom is 0.136 e. The van der Waals surface area contributed by atoms with E-state index in [0.717, 1.165) is 83.2 Å². The SMILES string of the molecule is Cc1ccccc1N1c2ccc(-c3cccc4oc5ccccc5c34)cc2-c2ccccc2-c2cccc(-c3cccc4oc5ccccc5c34)c21. The molecule has 3 heteroatoms. The molecule has 1 aliphatic rings. The second-order valence-electron chi connectivity index (χ2n) is 13.7. The standard InChI is InChI=1S/C49H31NO2/c1-30-13-2-7-22-41(30)50-42-28-27-31(32-18-11-25-45-47(32)38-16-5-8-23-43(38)51-45)29-40(42)34-15-4-3-14-33(34)36-20-10-21-37(49(36)50)35-19-12-26-46-48(35)39-17-6-9-24-44(39)52-46/h2-29H,1H3. The van der Waals surface area contributed by atoms with Gasteiger partial charge in [0.15, 0.2) is 0 Å². The molecule has 1 aliphatic heterocycles. The number of para-hydroxylation sites is 4. The molecule has 0 aliphatic carbocycles. The van der Waals surface area contributed by atoms with Gasteiger partial charge in [-0.1, -0.05) is 127 Å². The molecule has 2 aromatic heterocycles. The molecule has 3 nitrogen and oxygen atoms in total. The number of furan rings is 2. The van der Waals surface area contributed by atoms with Gasteiger partial charge in [-0.15, -0.1) is 0 Å². The fraction of sp³-hybridized carbons (Fsp3) is 0.0204. The van der Waals surface area contributed by atoms with Crippen molar-refractivity contribution in [3.63, 3.8) is 0 Å². The maximum atomic E-state index is 6.41. The van der Waals surface area contributed by atoms with Gasteiger partial charge >= 0.3 is 0 Å². The smallest absolute Gasteiger partial charge is 0.136 e. The lowest BCUT2D eigenvalue weighted by Gasteiger charge is -2.31. The largest absolute Gasteiger partial charge is 0.456 e. The second kappa shape index (κ2) is 11.1. The highest BCUT2D eigenvalue weighted by molar-refractivity contribution is 6.17. The van der Waals surface area contributed by atoms with Gasteiger partial charge in [0, 0.05) is 43.9 Å². The third-order valence-electron chi connectivity index (χ3n) is 10.8. The van der Waals surface area contributed by atoms with E-state index in [0.29, 0.717) is 0 Å². The fourth-order valence-corrected chi connectivity index (χ4v) is 8.49. The maximum absolute atomic E-state index is 6.41. The summed E-state index contributed by atoms with van der Waals surface area (Å²) < 4.78 is 12.7. The average molecular weight is 666 g/mol. The van der Waals surface area contributed by atoms with Crippen LogP contribution in [0.1, 0.15) is 5.56 Å². The molecule has 0 unspecified atom stereocenters. The van der Waals surface area contributed by atoms with E-state index >= 15 is 0 Å². The highest BCUT2D eigenvalue weighted by Gasteiger charge is 2.30. The van der Waals surface area contributed by atoms with Crippen LogP contribution in [0.15, 0.2) is 179 Å². The molecule has 0 spiro atoms. The van der Waals surface area contributed by atoms with E-state index in [9.17, 15) is 0 Å². The number of benzene rings is 8. The summed E-state index contributed by atoms with van der Waals surface area (Å²) in [5, 5.41) is 4.52. The molecule has 0 bridgehead atoms. The van der Waals surface area contributed by atoms with Crippen LogP contribution >= 0.6 is 0 Å². The molecular weight excluding hydrogens is 635 g/mol. The third kappa shape index (κ3) is 4.14. The first-order valence-electron chi connectivity index (χ1n) is 17.8. The van der Waals surface area contributed by atoms with Crippen LogP contribution in [0.2, 0.25) is 0 Å². The Morgan fingerprint density at radius 1 is 0.365 bits per heavy atom. The van der Waals surface area contributed by atoms with Gasteiger partial charge in [0.05, 0.1) is 11.4 Å². The summed E-state index contributed by atoms with van der Waals surface area (Å²) in [4.78, 5) is 2.49.